The predicted octanol–water partition coefficient (Wildman–Crippen LogP) is 6.10. The molecule has 0 aromatic heterocycles. The van der Waals surface area contributed by atoms with E-state index in [2.05, 4.69) is 31.2 Å². The highest BCUT2D eigenvalue weighted by Gasteiger charge is 2.25. The van der Waals surface area contributed by atoms with Gasteiger partial charge in [0.2, 0.25) is 0 Å². The van der Waals surface area contributed by atoms with Gasteiger partial charge in [-0.25, -0.2) is 0 Å². The molecule has 2 atom stereocenters. The van der Waals surface area contributed by atoms with E-state index in [4.69, 9.17) is 11.6 Å². The lowest BCUT2D eigenvalue weighted by Crippen LogP contribution is -2.13. The molecule has 0 radical (unpaired) electrons. The number of fused-ring (bicyclic) bond motifs is 1. The maximum atomic E-state index is 9.80. The zero-order valence-electron chi connectivity index (χ0n) is 12.9. The maximum Gasteiger partial charge on any atom is 0.134 e. The molecule has 0 aliphatic heterocycles. The Kier molecular flexibility index (Phi) is 5.30. The first-order valence-corrected chi connectivity index (χ1v) is 8.12. The monoisotopic (exact) mass is 302 g/mol. The maximum absolute atomic E-state index is 9.80. The van der Waals surface area contributed by atoms with Gasteiger partial charge >= 0.3 is 0 Å². The quantitative estimate of drug-likeness (QED) is 0.674. The molecule has 0 bridgehead atoms. The number of halogens is 1. The molecule has 1 aliphatic rings. The summed E-state index contributed by atoms with van der Waals surface area (Å²) in [5.41, 5.74) is 3.98. The van der Waals surface area contributed by atoms with Crippen LogP contribution in [0.2, 0.25) is 5.02 Å². The predicted molar refractivity (Wildman–Crippen MR) is 90.4 cm³/mol. The Morgan fingerprint density at radius 2 is 1.67 bits per heavy atom. The van der Waals surface area contributed by atoms with Crippen LogP contribution in [-0.4, -0.2) is 5.11 Å². The van der Waals surface area contributed by atoms with E-state index in [0.717, 1.165) is 12.0 Å². The van der Waals surface area contributed by atoms with Crippen molar-refractivity contribution in [2.75, 3.05) is 0 Å². The second-order valence-corrected chi connectivity index (χ2v) is 5.78. The number of benzene rings is 2. The van der Waals surface area contributed by atoms with E-state index in [0.29, 0.717) is 16.9 Å². The molecule has 1 nitrogen and oxygen atoms in total. The van der Waals surface area contributed by atoms with Crippen LogP contribution in [0.3, 0.4) is 0 Å². The molecule has 1 aliphatic carbocycles. The number of hydrogen-bond donors (Lipinski definition) is 1. The Morgan fingerprint density at radius 1 is 1.00 bits per heavy atom. The lowest BCUT2D eigenvalue weighted by atomic mass is 9.75. The van der Waals surface area contributed by atoms with E-state index in [9.17, 15) is 5.11 Å². The molecule has 1 N–H and O–H groups in total. The first-order chi connectivity index (χ1) is 10.2. The summed E-state index contributed by atoms with van der Waals surface area (Å²) in [6.07, 6.45) is 2.31. The molecule has 2 aromatic carbocycles. The lowest BCUT2D eigenvalue weighted by Gasteiger charge is -2.30. The van der Waals surface area contributed by atoms with Crippen LogP contribution in [0.15, 0.2) is 42.5 Å². The van der Waals surface area contributed by atoms with Crippen LogP contribution in [0.25, 0.3) is 0 Å². The second-order valence-electron chi connectivity index (χ2n) is 5.37. The summed E-state index contributed by atoms with van der Waals surface area (Å²) >= 11 is 5.89. The van der Waals surface area contributed by atoms with Gasteiger partial charge in [0.25, 0.3) is 0 Å². The second kappa shape index (κ2) is 7.00. The van der Waals surface area contributed by atoms with E-state index in [1.165, 1.54) is 17.5 Å². The number of aromatic hydroxyl groups is 1. The van der Waals surface area contributed by atoms with E-state index in [1.54, 1.807) is 12.1 Å². The van der Waals surface area contributed by atoms with Crippen molar-refractivity contribution >= 4 is 11.6 Å². The fourth-order valence-electron chi connectivity index (χ4n) is 3.10. The van der Waals surface area contributed by atoms with E-state index >= 15 is 0 Å². The van der Waals surface area contributed by atoms with Crippen molar-refractivity contribution in [3.05, 3.63) is 64.2 Å². The van der Waals surface area contributed by atoms with Crippen LogP contribution in [0.5, 0.6) is 5.75 Å². The summed E-state index contributed by atoms with van der Waals surface area (Å²) in [4.78, 5) is 0. The molecule has 3 rings (SSSR count). The zero-order valence-corrected chi connectivity index (χ0v) is 13.7. The topological polar surface area (TPSA) is 20.2 Å². The standard InChI is InChI=1S/C17H17ClO.C2H6/c1-11-6-8-14(15-5-3-2-4-13(11)15)12-7-9-16(18)17(19)10-12;1-2/h2-5,7,9-11,14,19H,6,8H2,1H3;1-2H3. The smallest absolute Gasteiger partial charge is 0.134 e. The first kappa shape index (κ1) is 15.9. The van der Waals surface area contributed by atoms with E-state index in [-0.39, 0.29) is 5.75 Å². The number of phenols is 1. The van der Waals surface area contributed by atoms with Crippen molar-refractivity contribution in [3.63, 3.8) is 0 Å². The Bertz CT molecular complexity index is 606. The van der Waals surface area contributed by atoms with Crippen molar-refractivity contribution in [2.45, 2.75) is 45.4 Å². The third-order valence-electron chi connectivity index (χ3n) is 4.16. The van der Waals surface area contributed by atoms with Gasteiger partial charge in [0.05, 0.1) is 5.02 Å². The van der Waals surface area contributed by atoms with Crippen molar-refractivity contribution in [1.82, 2.24) is 0 Å². The van der Waals surface area contributed by atoms with Gasteiger partial charge in [-0.05, 0) is 47.6 Å². The molecular formula is C19H23ClO. The molecule has 0 amide bonds. The van der Waals surface area contributed by atoms with Gasteiger partial charge in [-0.1, -0.05) is 62.7 Å². The van der Waals surface area contributed by atoms with Crippen LogP contribution < -0.4 is 0 Å². The van der Waals surface area contributed by atoms with Crippen LogP contribution in [0, 0.1) is 0 Å². The van der Waals surface area contributed by atoms with Crippen LogP contribution in [0.1, 0.15) is 62.1 Å². The van der Waals surface area contributed by atoms with E-state index in [1.807, 2.05) is 19.9 Å². The molecule has 112 valence electrons. The average Bonchev–Trinajstić information content (AvgIpc) is 2.53. The minimum absolute atomic E-state index is 0.176. The summed E-state index contributed by atoms with van der Waals surface area (Å²) in [5, 5.41) is 10.2. The minimum atomic E-state index is 0.176. The Labute approximate surface area is 132 Å². The highest BCUT2D eigenvalue weighted by atomic mass is 35.5. The fraction of sp³-hybridized carbons (Fsp3) is 0.368. The molecular weight excluding hydrogens is 280 g/mol. The zero-order chi connectivity index (χ0) is 15.4. The Balaban J connectivity index is 0.000000774. The fourth-order valence-corrected chi connectivity index (χ4v) is 3.21. The normalized spacial score (nSPS) is 20.2. The largest absolute Gasteiger partial charge is 0.506 e. The molecule has 0 saturated heterocycles. The van der Waals surface area contributed by atoms with Gasteiger partial charge in [0.1, 0.15) is 5.75 Å². The number of rotatable bonds is 1. The minimum Gasteiger partial charge on any atom is -0.506 e. The van der Waals surface area contributed by atoms with Crippen molar-refractivity contribution in [3.8, 4) is 5.75 Å². The lowest BCUT2D eigenvalue weighted by molar-refractivity contribution is 0.473. The first-order valence-electron chi connectivity index (χ1n) is 7.74. The van der Waals surface area contributed by atoms with Gasteiger partial charge in [-0.3, -0.25) is 0 Å². The summed E-state index contributed by atoms with van der Waals surface area (Å²) in [7, 11) is 0. The van der Waals surface area contributed by atoms with Gasteiger partial charge in [-0.15, -0.1) is 0 Å². The van der Waals surface area contributed by atoms with Gasteiger partial charge in [0, 0.05) is 5.92 Å². The van der Waals surface area contributed by atoms with Crippen LogP contribution in [0.4, 0.5) is 0 Å². The van der Waals surface area contributed by atoms with Gasteiger partial charge in [-0.2, -0.15) is 0 Å². The molecule has 2 heteroatoms. The Morgan fingerprint density at radius 3 is 2.33 bits per heavy atom. The highest BCUT2D eigenvalue weighted by molar-refractivity contribution is 6.32. The van der Waals surface area contributed by atoms with Crippen molar-refractivity contribution < 1.29 is 5.11 Å². The Hall–Kier alpha value is -1.47. The molecule has 2 aromatic rings. The van der Waals surface area contributed by atoms with Gasteiger partial charge in [0.15, 0.2) is 0 Å². The SMILES string of the molecule is CC.CC1CCC(c2ccc(Cl)c(O)c2)c2ccccc21. The molecule has 2 unspecified atom stereocenters. The highest BCUT2D eigenvalue weighted by Crippen LogP contribution is 2.43. The van der Waals surface area contributed by atoms with Crippen molar-refractivity contribution in [1.29, 1.82) is 0 Å². The van der Waals surface area contributed by atoms with Gasteiger partial charge < -0.3 is 5.11 Å². The number of phenolic OH excluding ortho intramolecular Hbond substituents is 1. The number of hydrogen-bond acceptors (Lipinski definition) is 1. The molecule has 0 spiro atoms. The summed E-state index contributed by atoms with van der Waals surface area (Å²) in [5.74, 6) is 1.17. The average molecular weight is 303 g/mol. The third kappa shape index (κ3) is 3.24. The third-order valence-corrected chi connectivity index (χ3v) is 4.48. The van der Waals surface area contributed by atoms with Crippen LogP contribution >= 0.6 is 11.6 Å². The summed E-state index contributed by atoms with van der Waals surface area (Å²) in [6.45, 7) is 6.29. The van der Waals surface area contributed by atoms with E-state index < -0.39 is 0 Å². The van der Waals surface area contributed by atoms with Crippen molar-refractivity contribution in [2.24, 2.45) is 0 Å². The molecule has 0 saturated carbocycles. The summed E-state index contributed by atoms with van der Waals surface area (Å²) < 4.78 is 0. The summed E-state index contributed by atoms with van der Waals surface area (Å²) in [6, 6.07) is 14.3. The molecule has 0 fully saturated rings. The molecule has 0 heterocycles. The van der Waals surface area contributed by atoms with Crippen LogP contribution in [-0.2, 0) is 0 Å². The molecule has 21 heavy (non-hydrogen) atoms.